The van der Waals surface area contributed by atoms with E-state index in [4.69, 9.17) is 14.5 Å². The van der Waals surface area contributed by atoms with Crippen LogP contribution in [0.3, 0.4) is 0 Å². The van der Waals surface area contributed by atoms with Gasteiger partial charge in [0, 0.05) is 4.43 Å². The van der Waals surface area contributed by atoms with Gasteiger partial charge in [0.2, 0.25) is 0 Å². The van der Waals surface area contributed by atoms with E-state index in [-0.39, 0.29) is 0 Å². The second-order valence-corrected chi connectivity index (χ2v) is 4.85. The van der Waals surface area contributed by atoms with Gasteiger partial charge < -0.3 is 24.7 Å². The number of hydrogen-bond donors (Lipinski definition) is 4. The molecule has 84 valence electrons. The number of phosphoric acid groups is 1. The molecule has 1 rings (SSSR count). The summed E-state index contributed by atoms with van der Waals surface area (Å²) >= 11 is 1.92. The predicted octanol–water partition coefficient (Wildman–Crippen LogP) is -1.02. The van der Waals surface area contributed by atoms with Gasteiger partial charge in [-0.25, -0.2) is 4.57 Å². The van der Waals surface area contributed by atoms with Crippen LogP contribution in [0, 0.1) is 0 Å². The standard InChI is InChI=1S/C5H10IO7P/c6-1-2-3(7)4(8)5(12-2)13-14(9,10)11/h2-5,7-8H,1H2,(H2,9,10,11)/t2-,3-,4-,5-/m1/s1. The van der Waals surface area contributed by atoms with Crippen LogP contribution in [-0.4, -0.2) is 49.0 Å². The lowest BCUT2D eigenvalue weighted by atomic mass is 10.2. The van der Waals surface area contributed by atoms with Crippen molar-refractivity contribution in [3.8, 4) is 0 Å². The van der Waals surface area contributed by atoms with Gasteiger partial charge in [-0.05, 0) is 0 Å². The molecule has 0 aromatic rings. The van der Waals surface area contributed by atoms with E-state index in [1.54, 1.807) is 0 Å². The van der Waals surface area contributed by atoms with Crippen molar-refractivity contribution in [3.05, 3.63) is 0 Å². The third-order valence-corrected chi connectivity index (χ3v) is 3.06. The Morgan fingerprint density at radius 3 is 2.29 bits per heavy atom. The highest BCUT2D eigenvalue weighted by atomic mass is 127. The van der Waals surface area contributed by atoms with Crippen LogP contribution in [0.2, 0.25) is 0 Å². The van der Waals surface area contributed by atoms with Crippen molar-refractivity contribution in [1.29, 1.82) is 0 Å². The molecule has 0 aliphatic carbocycles. The minimum absolute atomic E-state index is 0.386. The fourth-order valence-corrected chi connectivity index (χ4v) is 2.24. The van der Waals surface area contributed by atoms with Gasteiger partial charge in [-0.3, -0.25) is 4.52 Å². The van der Waals surface area contributed by atoms with Crippen LogP contribution in [0.15, 0.2) is 0 Å². The third-order valence-electron chi connectivity index (χ3n) is 1.71. The zero-order valence-corrected chi connectivity index (χ0v) is 9.91. The lowest BCUT2D eigenvalue weighted by molar-refractivity contribution is -0.116. The van der Waals surface area contributed by atoms with Gasteiger partial charge in [0.05, 0.1) is 6.10 Å². The minimum atomic E-state index is -4.71. The Kier molecular flexibility index (Phi) is 4.30. The molecule has 1 aliphatic heterocycles. The predicted molar refractivity (Wildman–Crippen MR) is 52.7 cm³/mol. The molecular weight excluding hydrogens is 330 g/mol. The lowest BCUT2D eigenvalue weighted by Gasteiger charge is -2.15. The van der Waals surface area contributed by atoms with Crippen LogP contribution in [-0.2, 0) is 13.8 Å². The second-order valence-electron chi connectivity index (χ2n) is 2.77. The number of alkyl halides is 1. The Bertz CT molecular complexity index is 242. The van der Waals surface area contributed by atoms with E-state index in [1.807, 2.05) is 22.6 Å². The summed E-state index contributed by atoms with van der Waals surface area (Å²) in [6.07, 6.45) is -4.79. The largest absolute Gasteiger partial charge is 0.472 e. The zero-order valence-electron chi connectivity index (χ0n) is 6.86. The van der Waals surface area contributed by atoms with Crippen molar-refractivity contribution in [2.45, 2.75) is 24.6 Å². The van der Waals surface area contributed by atoms with Gasteiger partial charge in [-0.15, -0.1) is 0 Å². The van der Waals surface area contributed by atoms with Crippen LogP contribution in [0.25, 0.3) is 0 Å². The topological polar surface area (TPSA) is 116 Å². The molecule has 0 unspecified atom stereocenters. The molecule has 14 heavy (non-hydrogen) atoms. The van der Waals surface area contributed by atoms with Crippen LogP contribution in [0.1, 0.15) is 0 Å². The number of phosphoric ester groups is 1. The number of ether oxygens (including phenoxy) is 1. The lowest BCUT2D eigenvalue weighted by Crippen LogP contribution is -2.33. The van der Waals surface area contributed by atoms with Crippen LogP contribution >= 0.6 is 30.4 Å². The van der Waals surface area contributed by atoms with E-state index in [9.17, 15) is 14.8 Å². The van der Waals surface area contributed by atoms with E-state index in [0.29, 0.717) is 4.43 Å². The van der Waals surface area contributed by atoms with Crippen molar-refractivity contribution in [2.75, 3.05) is 4.43 Å². The molecule has 0 amide bonds. The SMILES string of the molecule is O=P(O)(O)O[C@H]1O[C@H](CI)[C@@H](O)[C@H]1O. The summed E-state index contributed by atoms with van der Waals surface area (Å²) < 4.78 is 19.9. The van der Waals surface area contributed by atoms with E-state index in [0.717, 1.165) is 0 Å². The minimum Gasteiger partial charge on any atom is -0.387 e. The average molecular weight is 340 g/mol. The molecule has 1 aliphatic rings. The molecule has 1 heterocycles. The Hall–Kier alpha value is 0.720. The average Bonchev–Trinajstić information content (AvgIpc) is 2.30. The number of aliphatic hydroxyl groups is 2. The molecule has 7 nitrogen and oxygen atoms in total. The number of aliphatic hydroxyl groups excluding tert-OH is 2. The zero-order chi connectivity index (χ0) is 10.9. The monoisotopic (exact) mass is 340 g/mol. The summed E-state index contributed by atoms with van der Waals surface area (Å²) in [5.74, 6) is 0. The van der Waals surface area contributed by atoms with Crippen LogP contribution in [0.4, 0.5) is 0 Å². The fourth-order valence-electron chi connectivity index (χ4n) is 1.06. The molecular formula is C5H10IO7P. The molecule has 0 aromatic carbocycles. The van der Waals surface area contributed by atoms with Crippen molar-refractivity contribution in [2.24, 2.45) is 0 Å². The normalized spacial score (nSPS) is 38.9. The summed E-state index contributed by atoms with van der Waals surface area (Å²) in [6, 6.07) is 0. The highest BCUT2D eigenvalue weighted by Crippen LogP contribution is 2.41. The molecule has 0 radical (unpaired) electrons. The van der Waals surface area contributed by atoms with Gasteiger partial charge in [0.1, 0.15) is 12.2 Å². The molecule has 9 heteroatoms. The van der Waals surface area contributed by atoms with Gasteiger partial charge in [-0.2, -0.15) is 0 Å². The van der Waals surface area contributed by atoms with Crippen molar-refractivity contribution >= 4 is 30.4 Å². The highest BCUT2D eigenvalue weighted by Gasteiger charge is 2.45. The maximum absolute atomic E-state index is 10.4. The van der Waals surface area contributed by atoms with Crippen molar-refractivity contribution < 1.29 is 33.8 Å². The molecule has 4 N–H and O–H groups in total. The Labute approximate surface area is 93.4 Å². The first-order chi connectivity index (χ1) is 6.35. The Balaban J connectivity index is 2.61. The van der Waals surface area contributed by atoms with Crippen LogP contribution in [0.5, 0.6) is 0 Å². The van der Waals surface area contributed by atoms with E-state index >= 15 is 0 Å². The molecule has 4 atom stereocenters. The van der Waals surface area contributed by atoms with Crippen LogP contribution < -0.4 is 0 Å². The Morgan fingerprint density at radius 1 is 1.36 bits per heavy atom. The smallest absolute Gasteiger partial charge is 0.387 e. The molecule has 0 aromatic heterocycles. The van der Waals surface area contributed by atoms with E-state index in [1.165, 1.54) is 0 Å². The first-order valence-electron chi connectivity index (χ1n) is 3.66. The van der Waals surface area contributed by atoms with Gasteiger partial charge >= 0.3 is 7.82 Å². The first kappa shape index (κ1) is 12.8. The summed E-state index contributed by atoms with van der Waals surface area (Å²) in [7, 11) is -4.71. The fraction of sp³-hybridized carbons (Fsp3) is 1.00. The quantitative estimate of drug-likeness (QED) is 0.295. The second kappa shape index (κ2) is 4.71. The van der Waals surface area contributed by atoms with Crippen molar-refractivity contribution in [1.82, 2.24) is 0 Å². The summed E-state index contributed by atoms with van der Waals surface area (Å²) in [5.41, 5.74) is 0. The third kappa shape index (κ3) is 3.11. The molecule has 0 bridgehead atoms. The van der Waals surface area contributed by atoms with Gasteiger partial charge in [0.15, 0.2) is 6.29 Å². The number of hydrogen-bond acceptors (Lipinski definition) is 5. The van der Waals surface area contributed by atoms with E-state index in [2.05, 4.69) is 4.52 Å². The number of halogens is 1. The molecule has 1 saturated heterocycles. The molecule has 0 saturated carbocycles. The maximum Gasteiger partial charge on any atom is 0.472 e. The molecule has 0 spiro atoms. The number of rotatable bonds is 3. The summed E-state index contributed by atoms with van der Waals surface area (Å²) in [5, 5.41) is 18.6. The van der Waals surface area contributed by atoms with E-state index < -0.39 is 32.4 Å². The summed E-state index contributed by atoms with van der Waals surface area (Å²) in [4.78, 5) is 16.9. The van der Waals surface area contributed by atoms with Gasteiger partial charge in [0.25, 0.3) is 0 Å². The highest BCUT2D eigenvalue weighted by molar-refractivity contribution is 14.1. The molecule has 1 fully saturated rings. The first-order valence-corrected chi connectivity index (χ1v) is 6.72. The maximum atomic E-state index is 10.4. The van der Waals surface area contributed by atoms with Crippen molar-refractivity contribution in [3.63, 3.8) is 0 Å². The summed E-state index contributed by atoms with van der Waals surface area (Å²) in [6.45, 7) is 0. The Morgan fingerprint density at radius 2 is 1.93 bits per heavy atom. The van der Waals surface area contributed by atoms with Gasteiger partial charge in [-0.1, -0.05) is 22.6 Å².